The molecule has 0 aliphatic rings. The SMILES string of the molecule is CCCCCCn1cnc2nc(N)ncc21. The van der Waals surface area contributed by atoms with Crippen LogP contribution in [0, 0.1) is 0 Å². The Morgan fingerprint density at radius 3 is 2.94 bits per heavy atom. The van der Waals surface area contributed by atoms with Crippen LogP contribution in [0.4, 0.5) is 5.95 Å². The normalized spacial score (nSPS) is 11.1. The molecule has 0 atom stereocenters. The maximum atomic E-state index is 5.50. The summed E-state index contributed by atoms with van der Waals surface area (Å²) in [7, 11) is 0. The van der Waals surface area contributed by atoms with Gasteiger partial charge in [-0.15, -0.1) is 0 Å². The number of fused-ring (bicyclic) bond motifs is 1. The molecule has 2 aromatic heterocycles. The van der Waals surface area contributed by atoms with Gasteiger partial charge in [-0.05, 0) is 6.42 Å². The van der Waals surface area contributed by atoms with Gasteiger partial charge in [-0.1, -0.05) is 26.2 Å². The topological polar surface area (TPSA) is 69.6 Å². The summed E-state index contributed by atoms with van der Waals surface area (Å²) in [4.78, 5) is 12.3. The molecule has 2 heterocycles. The van der Waals surface area contributed by atoms with Crippen LogP contribution in [-0.4, -0.2) is 19.5 Å². The summed E-state index contributed by atoms with van der Waals surface area (Å²) in [5.41, 5.74) is 7.15. The monoisotopic (exact) mass is 219 g/mol. The molecule has 0 radical (unpaired) electrons. The van der Waals surface area contributed by atoms with Crippen molar-refractivity contribution in [2.45, 2.75) is 39.2 Å². The zero-order valence-electron chi connectivity index (χ0n) is 9.56. The first-order chi connectivity index (χ1) is 7.81. The molecule has 0 saturated carbocycles. The minimum Gasteiger partial charge on any atom is -0.368 e. The summed E-state index contributed by atoms with van der Waals surface area (Å²) in [5.74, 6) is 0.281. The average molecular weight is 219 g/mol. The van der Waals surface area contributed by atoms with Crippen molar-refractivity contribution >= 4 is 17.1 Å². The van der Waals surface area contributed by atoms with Crippen LogP contribution in [-0.2, 0) is 6.54 Å². The lowest BCUT2D eigenvalue weighted by molar-refractivity contribution is 0.591. The zero-order valence-corrected chi connectivity index (χ0v) is 9.56. The third-order valence-electron chi connectivity index (χ3n) is 2.65. The summed E-state index contributed by atoms with van der Waals surface area (Å²) >= 11 is 0. The van der Waals surface area contributed by atoms with Gasteiger partial charge in [0, 0.05) is 6.54 Å². The number of imidazole rings is 1. The molecule has 5 heteroatoms. The first-order valence-corrected chi connectivity index (χ1v) is 5.74. The van der Waals surface area contributed by atoms with Gasteiger partial charge < -0.3 is 10.3 Å². The highest BCUT2D eigenvalue weighted by atomic mass is 15.1. The van der Waals surface area contributed by atoms with E-state index in [1.807, 2.05) is 6.33 Å². The highest BCUT2D eigenvalue weighted by molar-refractivity contribution is 5.70. The molecule has 0 amide bonds. The van der Waals surface area contributed by atoms with E-state index in [9.17, 15) is 0 Å². The van der Waals surface area contributed by atoms with Gasteiger partial charge in [0.25, 0.3) is 0 Å². The Morgan fingerprint density at radius 2 is 2.12 bits per heavy atom. The van der Waals surface area contributed by atoms with Gasteiger partial charge in [-0.2, -0.15) is 4.98 Å². The fraction of sp³-hybridized carbons (Fsp3) is 0.545. The number of unbranched alkanes of at least 4 members (excludes halogenated alkanes) is 3. The molecule has 0 unspecified atom stereocenters. The third kappa shape index (κ3) is 2.29. The van der Waals surface area contributed by atoms with E-state index < -0.39 is 0 Å². The largest absolute Gasteiger partial charge is 0.368 e. The maximum Gasteiger partial charge on any atom is 0.222 e. The number of aryl methyl sites for hydroxylation is 1. The quantitative estimate of drug-likeness (QED) is 0.781. The number of hydrogen-bond acceptors (Lipinski definition) is 4. The molecule has 0 saturated heterocycles. The summed E-state index contributed by atoms with van der Waals surface area (Å²) in [6.07, 6.45) is 8.52. The molecule has 0 aromatic carbocycles. The van der Waals surface area contributed by atoms with Crippen LogP contribution < -0.4 is 5.73 Å². The number of anilines is 1. The summed E-state index contributed by atoms with van der Waals surface area (Å²) in [5, 5.41) is 0. The van der Waals surface area contributed by atoms with Crippen LogP contribution in [0.1, 0.15) is 32.6 Å². The van der Waals surface area contributed by atoms with Crippen LogP contribution in [0.2, 0.25) is 0 Å². The predicted molar refractivity (Wildman–Crippen MR) is 63.9 cm³/mol. The molecule has 0 aliphatic carbocycles. The molecule has 0 bridgehead atoms. The van der Waals surface area contributed by atoms with Crippen molar-refractivity contribution in [1.82, 2.24) is 19.5 Å². The van der Waals surface area contributed by atoms with E-state index in [2.05, 4.69) is 26.4 Å². The van der Waals surface area contributed by atoms with E-state index in [4.69, 9.17) is 5.73 Å². The Morgan fingerprint density at radius 1 is 1.25 bits per heavy atom. The van der Waals surface area contributed by atoms with Gasteiger partial charge in [0.05, 0.1) is 12.5 Å². The first-order valence-electron chi connectivity index (χ1n) is 5.74. The van der Waals surface area contributed by atoms with Crippen molar-refractivity contribution in [3.05, 3.63) is 12.5 Å². The summed E-state index contributed by atoms with van der Waals surface area (Å²) in [6.45, 7) is 3.19. The van der Waals surface area contributed by atoms with Gasteiger partial charge in [0.2, 0.25) is 5.95 Å². The molecular weight excluding hydrogens is 202 g/mol. The minimum atomic E-state index is 0.281. The smallest absolute Gasteiger partial charge is 0.222 e. The highest BCUT2D eigenvalue weighted by Crippen LogP contribution is 2.11. The number of aromatic nitrogens is 4. The van der Waals surface area contributed by atoms with E-state index in [0.717, 1.165) is 12.1 Å². The van der Waals surface area contributed by atoms with Crippen molar-refractivity contribution in [2.75, 3.05) is 5.73 Å². The number of nitrogens with zero attached hydrogens (tertiary/aromatic N) is 4. The van der Waals surface area contributed by atoms with E-state index >= 15 is 0 Å². The second-order valence-corrected chi connectivity index (χ2v) is 3.94. The van der Waals surface area contributed by atoms with Gasteiger partial charge in [0.15, 0.2) is 5.65 Å². The average Bonchev–Trinajstić information content (AvgIpc) is 2.67. The molecule has 0 spiro atoms. The van der Waals surface area contributed by atoms with E-state index in [1.165, 1.54) is 25.7 Å². The van der Waals surface area contributed by atoms with Crippen molar-refractivity contribution in [2.24, 2.45) is 0 Å². The van der Waals surface area contributed by atoms with Crippen molar-refractivity contribution < 1.29 is 0 Å². The Balaban J connectivity index is 2.07. The van der Waals surface area contributed by atoms with Crippen molar-refractivity contribution in [3.63, 3.8) is 0 Å². The summed E-state index contributed by atoms with van der Waals surface area (Å²) in [6, 6.07) is 0. The van der Waals surface area contributed by atoms with Crippen LogP contribution in [0.3, 0.4) is 0 Å². The second-order valence-electron chi connectivity index (χ2n) is 3.94. The van der Waals surface area contributed by atoms with Crippen molar-refractivity contribution in [3.8, 4) is 0 Å². The lowest BCUT2D eigenvalue weighted by Crippen LogP contribution is -1.98. The molecule has 0 fully saturated rings. The fourth-order valence-corrected chi connectivity index (χ4v) is 1.75. The number of nitrogen functional groups attached to an aromatic ring is 1. The minimum absolute atomic E-state index is 0.281. The van der Waals surface area contributed by atoms with Gasteiger partial charge in [0.1, 0.15) is 5.52 Å². The van der Waals surface area contributed by atoms with Crippen LogP contribution in [0.25, 0.3) is 11.2 Å². The third-order valence-corrected chi connectivity index (χ3v) is 2.65. The van der Waals surface area contributed by atoms with Gasteiger partial charge >= 0.3 is 0 Å². The first kappa shape index (κ1) is 10.9. The molecular formula is C11H17N5. The Hall–Kier alpha value is -1.65. The molecule has 2 N–H and O–H groups in total. The molecule has 0 aliphatic heterocycles. The zero-order chi connectivity index (χ0) is 11.4. The van der Waals surface area contributed by atoms with Crippen LogP contribution in [0.15, 0.2) is 12.5 Å². The molecule has 5 nitrogen and oxygen atoms in total. The lowest BCUT2D eigenvalue weighted by atomic mass is 10.2. The van der Waals surface area contributed by atoms with Crippen LogP contribution >= 0.6 is 0 Å². The van der Waals surface area contributed by atoms with Crippen molar-refractivity contribution in [1.29, 1.82) is 0 Å². The number of rotatable bonds is 5. The van der Waals surface area contributed by atoms with Crippen LogP contribution in [0.5, 0.6) is 0 Å². The van der Waals surface area contributed by atoms with E-state index in [-0.39, 0.29) is 5.95 Å². The molecule has 16 heavy (non-hydrogen) atoms. The Labute approximate surface area is 94.7 Å². The molecule has 86 valence electrons. The van der Waals surface area contributed by atoms with Gasteiger partial charge in [-0.25, -0.2) is 9.97 Å². The predicted octanol–water partition coefficient (Wildman–Crippen LogP) is 1.99. The van der Waals surface area contributed by atoms with E-state index in [0.29, 0.717) is 5.65 Å². The highest BCUT2D eigenvalue weighted by Gasteiger charge is 2.04. The Kier molecular flexibility index (Phi) is 3.34. The van der Waals surface area contributed by atoms with E-state index in [1.54, 1.807) is 6.20 Å². The number of hydrogen-bond donors (Lipinski definition) is 1. The maximum absolute atomic E-state index is 5.50. The number of nitrogens with two attached hydrogens (primary N) is 1. The molecule has 2 aromatic rings. The Bertz CT molecular complexity index is 462. The summed E-state index contributed by atoms with van der Waals surface area (Å²) < 4.78 is 2.09. The standard InChI is InChI=1S/C11H17N5/c1-2-3-4-5-6-16-8-14-10-9(16)7-13-11(12)15-10/h7-8H,2-6H2,1H3,(H2,12,13,15). The van der Waals surface area contributed by atoms with Gasteiger partial charge in [-0.3, -0.25) is 0 Å². The fourth-order valence-electron chi connectivity index (χ4n) is 1.75. The second kappa shape index (κ2) is 4.92. The molecule has 2 rings (SSSR count). The lowest BCUT2D eigenvalue weighted by Gasteiger charge is -2.03.